The fourth-order valence-corrected chi connectivity index (χ4v) is 2.35. The van der Waals surface area contributed by atoms with E-state index in [1.165, 1.54) is 18.4 Å². The van der Waals surface area contributed by atoms with E-state index in [-0.39, 0.29) is 12.2 Å². The number of carbonyl (C=O) groups is 1. The molecule has 2 aromatic rings. The summed E-state index contributed by atoms with van der Waals surface area (Å²) in [6.45, 7) is 0.0188. The van der Waals surface area contributed by atoms with Crippen LogP contribution in [0.1, 0.15) is 0 Å². The van der Waals surface area contributed by atoms with Gasteiger partial charge in [0.2, 0.25) is 5.91 Å². The Kier molecular flexibility index (Phi) is 4.04. The van der Waals surface area contributed by atoms with E-state index in [1.807, 2.05) is 0 Å². The topological polar surface area (TPSA) is 109 Å². The van der Waals surface area contributed by atoms with E-state index in [0.29, 0.717) is 11.3 Å². The molecule has 1 aliphatic heterocycles. The van der Waals surface area contributed by atoms with E-state index in [9.17, 15) is 19.3 Å². The van der Waals surface area contributed by atoms with Crippen molar-refractivity contribution in [1.29, 1.82) is 0 Å². The van der Waals surface area contributed by atoms with Crippen LogP contribution in [-0.2, 0) is 4.79 Å². The summed E-state index contributed by atoms with van der Waals surface area (Å²) in [4.78, 5) is 22.4. The molecule has 2 heterocycles. The molecule has 120 valence electrons. The van der Waals surface area contributed by atoms with Crippen molar-refractivity contribution in [2.45, 2.75) is 12.1 Å². The van der Waals surface area contributed by atoms with E-state index >= 15 is 0 Å². The average Bonchev–Trinajstić information content (AvgIpc) is 3.20. The van der Waals surface area contributed by atoms with Crippen molar-refractivity contribution in [3.05, 3.63) is 52.5 Å². The second-order valence-corrected chi connectivity index (χ2v) is 5.02. The number of hydrazine groups is 1. The molecule has 8 nitrogen and oxygen atoms in total. The first-order valence-electron chi connectivity index (χ1n) is 6.82. The summed E-state index contributed by atoms with van der Waals surface area (Å²) in [7, 11) is 0. The molecular weight excluding hydrogens is 307 g/mol. The molecule has 1 amide bonds. The van der Waals surface area contributed by atoms with Gasteiger partial charge in [-0.3, -0.25) is 14.9 Å². The van der Waals surface area contributed by atoms with Gasteiger partial charge in [-0.05, 0) is 30.3 Å². The lowest BCUT2D eigenvalue weighted by Crippen LogP contribution is -2.46. The van der Waals surface area contributed by atoms with Gasteiger partial charge >= 0.3 is 0 Å². The number of rotatable bonds is 4. The fraction of sp³-hybridized carbons (Fsp3) is 0.214. The maximum atomic E-state index is 14.1. The molecule has 1 aromatic heterocycles. The number of nitrogens with zero attached hydrogens (tertiary/aromatic N) is 1. The lowest BCUT2D eigenvalue weighted by Gasteiger charge is -2.13. The molecule has 23 heavy (non-hydrogen) atoms. The van der Waals surface area contributed by atoms with Gasteiger partial charge in [0, 0.05) is 10.5 Å². The molecule has 2 unspecified atom stereocenters. The number of benzene rings is 1. The largest absolute Gasteiger partial charge is 0.464 e. The minimum Gasteiger partial charge on any atom is -0.464 e. The van der Waals surface area contributed by atoms with Crippen molar-refractivity contribution in [3.8, 4) is 11.3 Å². The van der Waals surface area contributed by atoms with Crippen molar-refractivity contribution in [2.24, 2.45) is 0 Å². The van der Waals surface area contributed by atoms with Gasteiger partial charge in [0.15, 0.2) is 6.04 Å². The smallest absolute Gasteiger partial charge is 0.252 e. The summed E-state index contributed by atoms with van der Waals surface area (Å²) in [5.74, 6) is -0.839. The van der Waals surface area contributed by atoms with Crippen LogP contribution in [0.2, 0.25) is 0 Å². The van der Waals surface area contributed by atoms with Crippen molar-refractivity contribution < 1.29 is 18.5 Å². The molecule has 0 bridgehead atoms. The second kappa shape index (κ2) is 6.15. The van der Waals surface area contributed by atoms with E-state index in [0.717, 1.165) is 0 Å². The third-order valence-electron chi connectivity index (χ3n) is 3.54. The van der Waals surface area contributed by atoms with Crippen molar-refractivity contribution in [2.75, 3.05) is 11.9 Å². The van der Waals surface area contributed by atoms with Gasteiger partial charge in [-0.1, -0.05) is 0 Å². The summed E-state index contributed by atoms with van der Waals surface area (Å²) < 4.78 is 19.3. The van der Waals surface area contributed by atoms with E-state index in [4.69, 9.17) is 4.42 Å². The molecule has 1 fully saturated rings. The first-order chi connectivity index (χ1) is 11.1. The molecule has 9 heteroatoms. The highest BCUT2D eigenvalue weighted by Crippen LogP contribution is 2.25. The van der Waals surface area contributed by atoms with Crippen LogP contribution in [0.4, 0.5) is 10.1 Å². The Labute approximate surface area is 129 Å². The highest BCUT2D eigenvalue weighted by atomic mass is 19.1. The van der Waals surface area contributed by atoms with Gasteiger partial charge < -0.3 is 9.73 Å². The third-order valence-corrected chi connectivity index (χ3v) is 3.54. The number of halogens is 1. The van der Waals surface area contributed by atoms with E-state index in [1.54, 1.807) is 18.2 Å². The second-order valence-electron chi connectivity index (χ2n) is 5.02. The Bertz CT molecular complexity index is 734. The van der Waals surface area contributed by atoms with Crippen LogP contribution in [0.15, 0.2) is 41.0 Å². The Morgan fingerprint density at radius 2 is 2.26 bits per heavy atom. The fourth-order valence-electron chi connectivity index (χ4n) is 2.35. The molecule has 3 N–H and O–H groups in total. The monoisotopic (exact) mass is 320 g/mol. The number of hydrogen-bond acceptors (Lipinski definition) is 6. The van der Waals surface area contributed by atoms with Crippen LogP contribution in [0.25, 0.3) is 11.3 Å². The predicted molar refractivity (Wildman–Crippen MR) is 78.4 cm³/mol. The number of furan rings is 1. The van der Waals surface area contributed by atoms with Gasteiger partial charge in [0.05, 0.1) is 18.5 Å². The third kappa shape index (κ3) is 3.05. The summed E-state index contributed by atoms with van der Waals surface area (Å²) in [5, 5.41) is 13.2. The van der Waals surface area contributed by atoms with Crippen molar-refractivity contribution in [1.82, 2.24) is 10.9 Å². The molecule has 1 aliphatic rings. The number of amides is 1. The van der Waals surface area contributed by atoms with Gasteiger partial charge in [-0.25, -0.2) is 15.2 Å². The Morgan fingerprint density at radius 1 is 1.43 bits per heavy atom. The normalized spacial score (nSPS) is 20.4. The number of nitrogens with one attached hydrogen (secondary N) is 3. The number of anilines is 1. The summed E-state index contributed by atoms with van der Waals surface area (Å²) in [6.07, 6.45) is 1.47. The number of carbonyl (C=O) groups excluding carboxylic acids is 1. The van der Waals surface area contributed by atoms with Crippen LogP contribution in [0, 0.1) is 15.9 Å². The molecular formula is C14H13FN4O4. The molecule has 1 saturated heterocycles. The van der Waals surface area contributed by atoms with Gasteiger partial charge in [0.1, 0.15) is 11.6 Å². The molecule has 1 aromatic carbocycles. The Hall–Kier alpha value is -2.78. The zero-order valence-corrected chi connectivity index (χ0v) is 11.8. The Balaban J connectivity index is 1.75. The molecule has 3 rings (SSSR count). The SMILES string of the molecule is O=C(Nc1ccc(-c2ccco2)cc1F)C1NNCC1[N+](=O)[O-]. The standard InChI is InChI=1S/C14H13FN4O4/c15-9-6-8(12-2-1-5-23-12)3-4-10(9)17-14(20)13-11(19(21)22)7-16-18-13/h1-6,11,13,16,18H,7H2,(H,17,20). The van der Waals surface area contributed by atoms with Crippen LogP contribution < -0.4 is 16.2 Å². The first-order valence-corrected chi connectivity index (χ1v) is 6.82. The predicted octanol–water partition coefficient (Wildman–Crippen LogP) is 1.15. The highest BCUT2D eigenvalue weighted by Gasteiger charge is 2.41. The van der Waals surface area contributed by atoms with Crippen LogP contribution >= 0.6 is 0 Å². The van der Waals surface area contributed by atoms with E-state index < -0.39 is 28.7 Å². The van der Waals surface area contributed by atoms with Gasteiger partial charge in [-0.15, -0.1) is 0 Å². The van der Waals surface area contributed by atoms with Crippen molar-refractivity contribution >= 4 is 11.6 Å². The quantitative estimate of drug-likeness (QED) is 0.576. The lowest BCUT2D eigenvalue weighted by atomic mass is 10.1. The van der Waals surface area contributed by atoms with Gasteiger partial charge in [0.25, 0.3) is 6.04 Å². The van der Waals surface area contributed by atoms with Crippen LogP contribution in [0.3, 0.4) is 0 Å². The van der Waals surface area contributed by atoms with Gasteiger partial charge in [-0.2, -0.15) is 0 Å². The Morgan fingerprint density at radius 3 is 2.91 bits per heavy atom. The first kappa shape index (κ1) is 15.1. The van der Waals surface area contributed by atoms with Crippen LogP contribution in [-0.4, -0.2) is 29.5 Å². The maximum Gasteiger partial charge on any atom is 0.252 e. The van der Waals surface area contributed by atoms with Crippen molar-refractivity contribution in [3.63, 3.8) is 0 Å². The molecule has 2 atom stereocenters. The highest BCUT2D eigenvalue weighted by molar-refractivity contribution is 5.95. The number of nitro groups is 1. The molecule has 0 radical (unpaired) electrons. The summed E-state index contributed by atoms with van der Waals surface area (Å²) in [5.41, 5.74) is 5.54. The summed E-state index contributed by atoms with van der Waals surface area (Å²) in [6, 6.07) is 5.37. The molecule has 0 aliphatic carbocycles. The zero-order chi connectivity index (χ0) is 16.4. The summed E-state index contributed by atoms with van der Waals surface area (Å²) >= 11 is 0. The average molecular weight is 320 g/mol. The lowest BCUT2D eigenvalue weighted by molar-refractivity contribution is -0.517. The van der Waals surface area contributed by atoms with E-state index in [2.05, 4.69) is 16.2 Å². The number of hydrogen-bond donors (Lipinski definition) is 3. The molecule has 0 saturated carbocycles. The van der Waals surface area contributed by atoms with Crippen LogP contribution in [0.5, 0.6) is 0 Å². The zero-order valence-electron chi connectivity index (χ0n) is 11.8. The minimum absolute atomic E-state index is 0.0188. The maximum absolute atomic E-state index is 14.1. The molecule has 0 spiro atoms. The minimum atomic E-state index is -1.11.